The van der Waals surface area contributed by atoms with Gasteiger partial charge in [0.2, 0.25) is 5.91 Å². The Bertz CT molecular complexity index is 669. The van der Waals surface area contributed by atoms with Gasteiger partial charge in [0.15, 0.2) is 0 Å². The molecule has 1 atom stereocenters. The highest BCUT2D eigenvalue weighted by molar-refractivity contribution is 6.23. The first kappa shape index (κ1) is 15.4. The lowest BCUT2D eigenvalue weighted by Crippen LogP contribution is -2.40. The van der Waals surface area contributed by atoms with Crippen molar-refractivity contribution in [1.82, 2.24) is 4.90 Å². The topological polar surface area (TPSA) is 93.0 Å². The van der Waals surface area contributed by atoms with Crippen molar-refractivity contribution in [2.45, 2.75) is 25.3 Å². The van der Waals surface area contributed by atoms with Crippen molar-refractivity contribution < 1.29 is 19.2 Å². The summed E-state index contributed by atoms with van der Waals surface area (Å²) in [7, 11) is 1.35. The number of benzene rings is 1. The fourth-order valence-corrected chi connectivity index (χ4v) is 3.17. The summed E-state index contributed by atoms with van der Waals surface area (Å²) in [5.74, 6) is -0.453. The quantitative estimate of drug-likeness (QED) is 0.472. The molecule has 1 aromatic rings. The van der Waals surface area contributed by atoms with E-state index in [9.17, 15) is 19.7 Å². The molecule has 23 heavy (non-hydrogen) atoms. The second-order valence-corrected chi connectivity index (χ2v) is 5.64. The third-order valence-electron chi connectivity index (χ3n) is 4.32. The number of hydrogen-bond acceptors (Lipinski definition) is 6. The second kappa shape index (κ2) is 5.96. The fraction of sp³-hybridized carbons (Fsp3) is 0.467. The molecule has 0 saturated carbocycles. The molecule has 2 saturated heterocycles. The van der Waals surface area contributed by atoms with E-state index >= 15 is 0 Å². The molecule has 2 aliphatic heterocycles. The van der Waals surface area contributed by atoms with Crippen LogP contribution in [0.5, 0.6) is 5.75 Å². The van der Waals surface area contributed by atoms with E-state index in [1.54, 1.807) is 0 Å². The first-order chi connectivity index (χ1) is 11.0. The van der Waals surface area contributed by atoms with E-state index in [0.717, 1.165) is 30.8 Å². The molecule has 1 aromatic carbocycles. The maximum atomic E-state index is 12.7. The molecule has 2 aliphatic rings. The van der Waals surface area contributed by atoms with Gasteiger partial charge in [-0.1, -0.05) is 0 Å². The number of carbonyl (C=O) groups excluding carboxylic acids is 2. The number of amides is 2. The van der Waals surface area contributed by atoms with Gasteiger partial charge in [0.1, 0.15) is 5.75 Å². The minimum atomic E-state index is -0.549. The molecule has 8 nitrogen and oxygen atoms in total. The zero-order chi connectivity index (χ0) is 16.6. The summed E-state index contributed by atoms with van der Waals surface area (Å²) < 4.78 is 5.14. The summed E-state index contributed by atoms with van der Waals surface area (Å²) in [5, 5.41) is 10.9. The third-order valence-corrected chi connectivity index (χ3v) is 4.32. The number of nitro groups is 1. The Hall–Kier alpha value is -2.48. The SMILES string of the molecule is COc1cc([N+](=O)[O-])ccc1N1C(=O)CC(N2CCCC2)C1=O. The number of likely N-dealkylation sites (tertiary alicyclic amines) is 1. The van der Waals surface area contributed by atoms with Crippen molar-refractivity contribution in [3.05, 3.63) is 28.3 Å². The van der Waals surface area contributed by atoms with Gasteiger partial charge in [0.05, 0.1) is 36.2 Å². The Morgan fingerprint density at radius 2 is 1.96 bits per heavy atom. The molecule has 0 radical (unpaired) electrons. The largest absolute Gasteiger partial charge is 0.494 e. The molecule has 2 amide bonds. The van der Waals surface area contributed by atoms with Crippen LogP contribution in [-0.4, -0.2) is 47.9 Å². The number of nitro benzene ring substituents is 1. The fourth-order valence-electron chi connectivity index (χ4n) is 3.17. The summed E-state index contributed by atoms with van der Waals surface area (Å²) >= 11 is 0. The molecule has 0 aromatic heterocycles. The molecule has 3 rings (SSSR count). The van der Waals surface area contributed by atoms with Gasteiger partial charge in [-0.25, -0.2) is 4.90 Å². The Morgan fingerprint density at radius 3 is 2.57 bits per heavy atom. The van der Waals surface area contributed by atoms with Crippen molar-refractivity contribution in [2.75, 3.05) is 25.1 Å². The molecule has 2 fully saturated rings. The maximum absolute atomic E-state index is 12.7. The lowest BCUT2D eigenvalue weighted by atomic mass is 10.2. The number of rotatable bonds is 4. The third kappa shape index (κ3) is 2.65. The number of carbonyl (C=O) groups is 2. The molecule has 8 heteroatoms. The van der Waals surface area contributed by atoms with Crippen LogP contribution in [0.1, 0.15) is 19.3 Å². The standard InChI is InChI=1S/C15H17N3O5/c1-23-13-8-10(18(21)22)4-5-11(13)17-14(19)9-12(15(17)20)16-6-2-3-7-16/h4-5,8,12H,2-3,6-7,9H2,1H3. The number of non-ortho nitro benzene ring substituents is 1. The van der Waals surface area contributed by atoms with Gasteiger partial charge in [0, 0.05) is 6.07 Å². The predicted molar refractivity (Wildman–Crippen MR) is 81.4 cm³/mol. The van der Waals surface area contributed by atoms with Crippen LogP contribution in [0, 0.1) is 10.1 Å². The van der Waals surface area contributed by atoms with E-state index in [0.29, 0.717) is 0 Å². The van der Waals surface area contributed by atoms with Gasteiger partial charge < -0.3 is 4.74 Å². The molecule has 1 unspecified atom stereocenters. The minimum absolute atomic E-state index is 0.138. The van der Waals surface area contributed by atoms with Crippen molar-refractivity contribution in [2.24, 2.45) is 0 Å². The number of anilines is 1. The number of hydrogen-bond donors (Lipinski definition) is 0. The van der Waals surface area contributed by atoms with Crippen molar-refractivity contribution in [1.29, 1.82) is 0 Å². The summed E-state index contributed by atoms with van der Waals surface area (Å²) in [6, 6.07) is 3.43. The highest BCUT2D eigenvalue weighted by Gasteiger charge is 2.44. The average Bonchev–Trinajstić information content (AvgIpc) is 3.15. The van der Waals surface area contributed by atoms with Gasteiger partial charge in [-0.15, -0.1) is 0 Å². The average molecular weight is 319 g/mol. The zero-order valence-corrected chi connectivity index (χ0v) is 12.7. The second-order valence-electron chi connectivity index (χ2n) is 5.64. The van der Waals surface area contributed by atoms with Crippen molar-refractivity contribution in [3.63, 3.8) is 0 Å². The highest BCUT2D eigenvalue weighted by atomic mass is 16.6. The lowest BCUT2D eigenvalue weighted by Gasteiger charge is -2.22. The van der Waals surface area contributed by atoms with Crippen LogP contribution in [0.2, 0.25) is 0 Å². The molecule has 0 N–H and O–H groups in total. The number of ether oxygens (including phenoxy) is 1. The summed E-state index contributed by atoms with van der Waals surface area (Å²) in [4.78, 5) is 38.4. The van der Waals surface area contributed by atoms with Crippen LogP contribution in [0.4, 0.5) is 11.4 Å². The van der Waals surface area contributed by atoms with Crippen LogP contribution >= 0.6 is 0 Å². The van der Waals surface area contributed by atoms with Crippen LogP contribution in [0.25, 0.3) is 0 Å². The van der Waals surface area contributed by atoms with E-state index in [4.69, 9.17) is 4.74 Å². The molecule has 122 valence electrons. The van der Waals surface area contributed by atoms with E-state index in [1.807, 2.05) is 4.90 Å². The molecule has 0 spiro atoms. The molecule has 0 aliphatic carbocycles. The minimum Gasteiger partial charge on any atom is -0.494 e. The lowest BCUT2D eigenvalue weighted by molar-refractivity contribution is -0.384. The molecule has 2 heterocycles. The molecular formula is C15H17N3O5. The summed E-state index contributed by atoms with van der Waals surface area (Å²) in [6.07, 6.45) is 2.19. The normalized spacial score (nSPS) is 22.0. The Kier molecular flexibility index (Phi) is 3.99. The van der Waals surface area contributed by atoms with Crippen molar-refractivity contribution >= 4 is 23.2 Å². The molecular weight excluding hydrogens is 302 g/mol. The van der Waals surface area contributed by atoms with Gasteiger partial charge in [0.25, 0.3) is 11.6 Å². The van der Waals surface area contributed by atoms with Gasteiger partial charge in [-0.3, -0.25) is 24.6 Å². The number of imide groups is 1. The maximum Gasteiger partial charge on any atom is 0.273 e. The Balaban J connectivity index is 1.93. The van der Waals surface area contributed by atoms with E-state index in [1.165, 1.54) is 25.3 Å². The smallest absolute Gasteiger partial charge is 0.273 e. The van der Waals surface area contributed by atoms with Crippen LogP contribution in [0.15, 0.2) is 18.2 Å². The Labute approximate surface area is 132 Å². The molecule has 0 bridgehead atoms. The number of methoxy groups -OCH3 is 1. The van der Waals surface area contributed by atoms with E-state index in [-0.39, 0.29) is 35.4 Å². The number of nitrogens with zero attached hydrogens (tertiary/aromatic N) is 3. The first-order valence-electron chi connectivity index (χ1n) is 7.46. The van der Waals surface area contributed by atoms with Crippen LogP contribution in [0.3, 0.4) is 0 Å². The summed E-state index contributed by atoms with van der Waals surface area (Å²) in [5.41, 5.74) is 0.107. The van der Waals surface area contributed by atoms with E-state index < -0.39 is 11.0 Å². The zero-order valence-electron chi connectivity index (χ0n) is 12.7. The highest BCUT2D eigenvalue weighted by Crippen LogP contribution is 2.36. The van der Waals surface area contributed by atoms with Gasteiger partial charge in [-0.05, 0) is 32.0 Å². The van der Waals surface area contributed by atoms with Crippen LogP contribution < -0.4 is 9.64 Å². The van der Waals surface area contributed by atoms with Gasteiger partial charge in [-0.2, -0.15) is 0 Å². The monoisotopic (exact) mass is 319 g/mol. The van der Waals surface area contributed by atoms with Crippen LogP contribution in [-0.2, 0) is 9.59 Å². The summed E-state index contributed by atoms with van der Waals surface area (Å²) in [6.45, 7) is 1.63. The first-order valence-corrected chi connectivity index (χ1v) is 7.46. The van der Waals surface area contributed by atoms with Gasteiger partial charge >= 0.3 is 0 Å². The van der Waals surface area contributed by atoms with Crippen molar-refractivity contribution in [3.8, 4) is 5.75 Å². The predicted octanol–water partition coefficient (Wildman–Crippen LogP) is 1.33. The Morgan fingerprint density at radius 1 is 1.26 bits per heavy atom. The van der Waals surface area contributed by atoms with E-state index in [2.05, 4.69) is 0 Å².